The molecule has 40 heavy (non-hydrogen) atoms. The van der Waals surface area contributed by atoms with Crippen LogP contribution in [0.25, 0.3) is 0 Å². The first-order chi connectivity index (χ1) is 19.5. The fourth-order valence-corrected chi connectivity index (χ4v) is 4.31. The molecule has 212 valence electrons. The summed E-state index contributed by atoms with van der Waals surface area (Å²) in [6.07, 6.45) is 0.167. The lowest BCUT2D eigenvalue weighted by Crippen LogP contribution is -2.54. The number of carbonyl (C=O) groups is 5. The smallest absolute Gasteiger partial charge is 0.338 e. The lowest BCUT2D eigenvalue weighted by molar-refractivity contribution is -0.136. The number of benzene rings is 2. The Morgan fingerprint density at radius 2 is 1.50 bits per heavy atom. The van der Waals surface area contributed by atoms with E-state index in [-0.39, 0.29) is 37.2 Å². The molecule has 1 fully saturated rings. The van der Waals surface area contributed by atoms with E-state index in [4.69, 9.17) is 18.9 Å². The fraction of sp³-hybridized carbons (Fsp3) is 0.393. The number of fused-ring (bicyclic) bond motifs is 1. The predicted molar refractivity (Wildman–Crippen MR) is 141 cm³/mol. The Morgan fingerprint density at radius 3 is 2.20 bits per heavy atom. The summed E-state index contributed by atoms with van der Waals surface area (Å²) in [7, 11) is 0. The van der Waals surface area contributed by atoms with E-state index >= 15 is 0 Å². The van der Waals surface area contributed by atoms with E-state index < -0.39 is 35.6 Å². The molecule has 0 spiro atoms. The van der Waals surface area contributed by atoms with Crippen molar-refractivity contribution in [3.8, 4) is 0 Å². The molecule has 12 heteroatoms. The van der Waals surface area contributed by atoms with Crippen molar-refractivity contribution in [1.82, 2.24) is 10.2 Å². The van der Waals surface area contributed by atoms with Crippen LogP contribution in [0.5, 0.6) is 0 Å². The van der Waals surface area contributed by atoms with Crippen LogP contribution in [-0.4, -0.2) is 93.3 Å². The average Bonchev–Trinajstić information content (AvgIpc) is 3.21. The minimum absolute atomic E-state index is 0.0648. The first-order valence-corrected chi connectivity index (χ1v) is 13.0. The molecule has 2 aromatic carbocycles. The topological polar surface area (TPSA) is 150 Å². The number of amides is 4. The second kappa shape index (κ2) is 14.3. The van der Waals surface area contributed by atoms with E-state index in [9.17, 15) is 24.0 Å². The number of piperidine rings is 1. The van der Waals surface area contributed by atoms with Gasteiger partial charge in [0.1, 0.15) is 12.6 Å². The second-order valence-electron chi connectivity index (χ2n) is 8.94. The normalized spacial score (nSPS) is 16.6. The van der Waals surface area contributed by atoms with Gasteiger partial charge < -0.3 is 24.3 Å². The summed E-state index contributed by atoms with van der Waals surface area (Å²) >= 11 is 0. The lowest BCUT2D eigenvalue weighted by Gasteiger charge is -2.27. The molecule has 0 saturated carbocycles. The van der Waals surface area contributed by atoms with E-state index in [0.717, 1.165) is 4.90 Å². The molecule has 2 aromatic rings. The first-order valence-electron chi connectivity index (χ1n) is 13.0. The molecule has 12 nitrogen and oxygen atoms in total. The molecule has 4 amide bonds. The minimum Gasteiger partial charge on any atom is -0.460 e. The molecular weight excluding hydrogens is 522 g/mol. The maximum atomic E-state index is 13.1. The van der Waals surface area contributed by atoms with Gasteiger partial charge in [0.2, 0.25) is 11.8 Å². The van der Waals surface area contributed by atoms with E-state index in [1.165, 1.54) is 0 Å². The van der Waals surface area contributed by atoms with Gasteiger partial charge in [-0.1, -0.05) is 24.3 Å². The van der Waals surface area contributed by atoms with Crippen LogP contribution >= 0.6 is 0 Å². The summed E-state index contributed by atoms with van der Waals surface area (Å²) in [6, 6.07) is 12.6. The summed E-state index contributed by atoms with van der Waals surface area (Å²) < 4.78 is 21.5. The van der Waals surface area contributed by atoms with Crippen molar-refractivity contribution in [2.75, 3.05) is 58.1 Å². The van der Waals surface area contributed by atoms with Crippen molar-refractivity contribution in [2.24, 2.45) is 0 Å². The summed E-state index contributed by atoms with van der Waals surface area (Å²) in [6.45, 7) is 2.56. The molecule has 1 unspecified atom stereocenters. The standard InChI is InChI=1S/C28H31N3O9/c32-23-10-9-22(25(33)30-23)31-26(34)20-7-4-8-21(24(20)27(31)35)29-11-12-37-13-14-38-15-16-39-17-18-40-28(36)19-5-2-1-3-6-19/h1-8,22,29H,9-18H2,(H,30,32,33). The largest absolute Gasteiger partial charge is 0.460 e. The highest BCUT2D eigenvalue weighted by Crippen LogP contribution is 2.32. The summed E-state index contributed by atoms with van der Waals surface area (Å²) in [5.41, 5.74) is 1.38. The highest BCUT2D eigenvalue weighted by atomic mass is 16.6. The van der Waals surface area contributed by atoms with Crippen LogP contribution in [0.3, 0.4) is 0 Å². The third-order valence-electron chi connectivity index (χ3n) is 6.24. The van der Waals surface area contributed by atoms with Crippen LogP contribution in [0.1, 0.15) is 43.9 Å². The molecule has 4 rings (SSSR count). The van der Waals surface area contributed by atoms with Crippen LogP contribution in [0.4, 0.5) is 5.69 Å². The molecule has 1 saturated heterocycles. The zero-order valence-corrected chi connectivity index (χ0v) is 21.9. The van der Waals surface area contributed by atoms with E-state index in [2.05, 4.69) is 10.6 Å². The third-order valence-corrected chi connectivity index (χ3v) is 6.24. The highest BCUT2D eigenvalue weighted by molar-refractivity contribution is 6.25. The number of imide groups is 2. The van der Waals surface area contributed by atoms with Crippen molar-refractivity contribution in [3.05, 3.63) is 65.2 Å². The Morgan fingerprint density at radius 1 is 0.825 bits per heavy atom. The highest BCUT2D eigenvalue weighted by Gasteiger charge is 2.45. The Bertz CT molecular complexity index is 1230. The Balaban J connectivity index is 1.07. The Kier molecular flexibility index (Phi) is 10.3. The molecule has 1 atom stereocenters. The van der Waals surface area contributed by atoms with Gasteiger partial charge in [-0.15, -0.1) is 0 Å². The molecule has 2 aliphatic rings. The predicted octanol–water partition coefficient (Wildman–Crippen LogP) is 1.41. The van der Waals surface area contributed by atoms with Crippen molar-refractivity contribution >= 4 is 35.3 Å². The molecular formula is C28H31N3O9. The Labute approximate surface area is 230 Å². The van der Waals surface area contributed by atoms with Gasteiger partial charge in [0.05, 0.1) is 56.3 Å². The fourth-order valence-electron chi connectivity index (χ4n) is 4.31. The van der Waals surface area contributed by atoms with Crippen molar-refractivity contribution < 1.29 is 42.9 Å². The van der Waals surface area contributed by atoms with Gasteiger partial charge in [-0.2, -0.15) is 0 Å². The van der Waals surface area contributed by atoms with Gasteiger partial charge in [-0.3, -0.25) is 29.4 Å². The quantitative estimate of drug-likeness (QED) is 0.188. The van der Waals surface area contributed by atoms with Crippen LogP contribution in [0, 0.1) is 0 Å². The number of hydrogen-bond acceptors (Lipinski definition) is 10. The van der Waals surface area contributed by atoms with Gasteiger partial charge in [0.15, 0.2) is 0 Å². The molecule has 2 aliphatic heterocycles. The summed E-state index contributed by atoms with van der Waals surface area (Å²) in [5, 5.41) is 5.30. The maximum absolute atomic E-state index is 13.1. The number of anilines is 1. The minimum atomic E-state index is -1.01. The van der Waals surface area contributed by atoms with Gasteiger partial charge in [0.25, 0.3) is 11.8 Å². The molecule has 2 N–H and O–H groups in total. The number of nitrogens with zero attached hydrogens (tertiary/aromatic N) is 1. The van der Waals surface area contributed by atoms with Crippen LogP contribution < -0.4 is 10.6 Å². The molecule has 0 aliphatic carbocycles. The van der Waals surface area contributed by atoms with E-state index in [1.54, 1.807) is 42.5 Å². The van der Waals surface area contributed by atoms with Crippen molar-refractivity contribution in [1.29, 1.82) is 0 Å². The van der Waals surface area contributed by atoms with Gasteiger partial charge in [0, 0.05) is 18.7 Å². The van der Waals surface area contributed by atoms with Crippen molar-refractivity contribution in [2.45, 2.75) is 18.9 Å². The molecule has 2 heterocycles. The summed E-state index contributed by atoms with van der Waals surface area (Å²) in [4.78, 5) is 62.4. The number of esters is 1. The number of hydrogen-bond donors (Lipinski definition) is 2. The third kappa shape index (κ3) is 7.29. The number of nitrogens with one attached hydrogen (secondary N) is 2. The number of ether oxygens (including phenoxy) is 4. The zero-order valence-electron chi connectivity index (χ0n) is 21.9. The lowest BCUT2D eigenvalue weighted by atomic mass is 10.0. The van der Waals surface area contributed by atoms with Crippen LogP contribution in [0.15, 0.2) is 48.5 Å². The molecule has 0 aromatic heterocycles. The van der Waals surface area contributed by atoms with Crippen LogP contribution in [0.2, 0.25) is 0 Å². The molecule has 0 radical (unpaired) electrons. The van der Waals surface area contributed by atoms with Crippen molar-refractivity contribution in [3.63, 3.8) is 0 Å². The van der Waals surface area contributed by atoms with E-state index in [0.29, 0.717) is 50.8 Å². The average molecular weight is 554 g/mol. The Hall–Kier alpha value is -4.13. The molecule has 0 bridgehead atoms. The number of rotatable bonds is 15. The SMILES string of the molecule is O=C1CCC(N2C(=O)c3cccc(NCCOCCOCCOCCOC(=O)c4ccccc4)c3C2=O)C(=O)N1. The second-order valence-corrected chi connectivity index (χ2v) is 8.94. The van der Waals surface area contributed by atoms with Gasteiger partial charge in [-0.05, 0) is 30.7 Å². The van der Waals surface area contributed by atoms with Gasteiger partial charge >= 0.3 is 5.97 Å². The van der Waals surface area contributed by atoms with Crippen LogP contribution in [-0.2, 0) is 28.5 Å². The monoisotopic (exact) mass is 553 g/mol. The van der Waals surface area contributed by atoms with Gasteiger partial charge in [-0.25, -0.2) is 4.79 Å². The number of carbonyl (C=O) groups excluding carboxylic acids is 5. The zero-order chi connectivity index (χ0) is 28.3. The summed E-state index contributed by atoms with van der Waals surface area (Å²) in [5.74, 6) is -2.57. The van der Waals surface area contributed by atoms with E-state index in [1.807, 2.05) is 6.07 Å². The maximum Gasteiger partial charge on any atom is 0.338 e. The first kappa shape index (κ1) is 28.9.